The molecular formula is C23H33N3O2. The number of rotatable bonds is 10. The number of fused-ring (bicyclic) bond motifs is 1. The Morgan fingerprint density at radius 2 is 2.07 bits per heavy atom. The van der Waals surface area contributed by atoms with Crippen molar-refractivity contribution in [2.75, 3.05) is 26.3 Å². The number of nitrogens with zero attached hydrogens (tertiary/aromatic N) is 1. The van der Waals surface area contributed by atoms with Crippen LogP contribution >= 0.6 is 0 Å². The van der Waals surface area contributed by atoms with Crippen LogP contribution in [0.2, 0.25) is 0 Å². The summed E-state index contributed by atoms with van der Waals surface area (Å²) < 4.78 is 10.8. The van der Waals surface area contributed by atoms with Crippen LogP contribution in [0.4, 0.5) is 0 Å². The van der Waals surface area contributed by atoms with Crippen LogP contribution in [0.3, 0.4) is 0 Å². The van der Waals surface area contributed by atoms with Gasteiger partial charge >= 0.3 is 0 Å². The molecule has 1 aliphatic rings. The second-order valence-electron chi connectivity index (χ2n) is 7.24. The summed E-state index contributed by atoms with van der Waals surface area (Å²) in [5, 5.41) is 7.14. The zero-order chi connectivity index (χ0) is 19.4. The van der Waals surface area contributed by atoms with Crippen molar-refractivity contribution in [3.8, 4) is 0 Å². The first-order valence-corrected chi connectivity index (χ1v) is 10.6. The summed E-state index contributed by atoms with van der Waals surface area (Å²) in [6, 6.07) is 13.1. The van der Waals surface area contributed by atoms with Gasteiger partial charge in [0.2, 0.25) is 0 Å². The van der Waals surface area contributed by atoms with Gasteiger partial charge in [-0.2, -0.15) is 0 Å². The third-order valence-corrected chi connectivity index (χ3v) is 5.10. The number of furan rings is 1. The monoisotopic (exact) mass is 383 g/mol. The number of hydrogen-bond donors (Lipinski definition) is 2. The zero-order valence-electron chi connectivity index (χ0n) is 17.0. The fourth-order valence-corrected chi connectivity index (χ4v) is 3.58. The van der Waals surface area contributed by atoms with Crippen molar-refractivity contribution in [3.05, 3.63) is 59.5 Å². The first-order chi connectivity index (χ1) is 13.8. The molecule has 1 heterocycles. The molecule has 0 radical (unpaired) electrons. The van der Waals surface area contributed by atoms with Crippen LogP contribution in [0.1, 0.15) is 43.1 Å². The summed E-state index contributed by atoms with van der Waals surface area (Å²) in [5.41, 5.74) is 2.94. The van der Waals surface area contributed by atoms with Gasteiger partial charge in [-0.25, -0.2) is 0 Å². The predicted octanol–water partition coefficient (Wildman–Crippen LogP) is 3.73. The maximum absolute atomic E-state index is 5.43. The van der Waals surface area contributed by atoms with E-state index in [0.29, 0.717) is 6.04 Å². The summed E-state index contributed by atoms with van der Waals surface area (Å²) in [6.45, 7) is 5.26. The molecule has 0 aliphatic heterocycles. The Morgan fingerprint density at radius 1 is 1.18 bits per heavy atom. The Hall–Kier alpha value is -2.27. The van der Waals surface area contributed by atoms with Crippen LogP contribution in [0.15, 0.2) is 52.1 Å². The number of aryl methyl sites for hydroxylation is 1. The molecule has 1 unspecified atom stereocenters. The van der Waals surface area contributed by atoms with E-state index in [1.807, 2.05) is 19.1 Å². The molecule has 0 bridgehead atoms. The van der Waals surface area contributed by atoms with Crippen molar-refractivity contribution in [2.45, 2.75) is 51.5 Å². The summed E-state index contributed by atoms with van der Waals surface area (Å²) in [5.74, 6) is 1.91. The van der Waals surface area contributed by atoms with E-state index >= 15 is 0 Å². The van der Waals surface area contributed by atoms with Gasteiger partial charge in [0.25, 0.3) is 0 Å². The first kappa shape index (κ1) is 20.5. The molecular weight excluding hydrogens is 350 g/mol. The summed E-state index contributed by atoms with van der Waals surface area (Å²) in [6.07, 6.45) is 7.99. The maximum atomic E-state index is 5.43. The fraction of sp³-hybridized carbons (Fsp3) is 0.522. The Kier molecular flexibility index (Phi) is 8.44. The molecule has 1 aliphatic carbocycles. The van der Waals surface area contributed by atoms with Crippen molar-refractivity contribution in [1.29, 1.82) is 0 Å². The summed E-state index contributed by atoms with van der Waals surface area (Å²) in [4.78, 5) is 4.80. The largest absolute Gasteiger partial charge is 0.469 e. The lowest BCUT2D eigenvalue weighted by atomic mass is 9.88. The number of hydrogen-bond acceptors (Lipinski definition) is 3. The van der Waals surface area contributed by atoms with E-state index in [1.165, 1.54) is 11.1 Å². The minimum atomic E-state index is 0.424. The number of ether oxygens (including phenoxy) is 1. The van der Waals surface area contributed by atoms with Crippen LogP contribution in [0, 0.1) is 0 Å². The minimum Gasteiger partial charge on any atom is -0.469 e. The van der Waals surface area contributed by atoms with E-state index in [0.717, 1.165) is 76.5 Å². The van der Waals surface area contributed by atoms with E-state index < -0.39 is 0 Å². The smallest absolute Gasteiger partial charge is 0.191 e. The van der Waals surface area contributed by atoms with Gasteiger partial charge in [0.15, 0.2) is 5.96 Å². The molecule has 0 fully saturated rings. The number of aliphatic imine (C=N–C) groups is 1. The molecule has 0 saturated heterocycles. The second-order valence-corrected chi connectivity index (χ2v) is 7.24. The van der Waals surface area contributed by atoms with Crippen molar-refractivity contribution in [3.63, 3.8) is 0 Å². The van der Waals surface area contributed by atoms with Gasteiger partial charge in [0, 0.05) is 38.8 Å². The fourth-order valence-electron chi connectivity index (χ4n) is 3.58. The third kappa shape index (κ3) is 6.71. The Labute approximate surface area is 168 Å². The number of guanidine groups is 1. The van der Waals surface area contributed by atoms with Gasteiger partial charge in [-0.15, -0.1) is 0 Å². The third-order valence-electron chi connectivity index (χ3n) is 5.10. The quantitative estimate of drug-likeness (QED) is 0.373. The van der Waals surface area contributed by atoms with Gasteiger partial charge in [0.1, 0.15) is 5.76 Å². The van der Waals surface area contributed by atoms with Crippen LogP contribution in [-0.4, -0.2) is 38.3 Å². The summed E-state index contributed by atoms with van der Waals surface area (Å²) in [7, 11) is 0. The standard InChI is InChI=1S/C23H33N3O2/c1-2-27-16-6-5-14-24-23(25-15-13-22-10-7-17-28-22)26-21-12-11-19-8-3-4-9-20(19)18-21/h3-4,7-10,17,21H,2,5-6,11-16,18H2,1H3,(H2,24,25,26). The molecule has 5 heteroatoms. The molecule has 1 aromatic heterocycles. The van der Waals surface area contributed by atoms with Crippen molar-refractivity contribution in [1.82, 2.24) is 10.6 Å². The van der Waals surface area contributed by atoms with Crippen molar-refractivity contribution in [2.24, 2.45) is 4.99 Å². The van der Waals surface area contributed by atoms with Crippen molar-refractivity contribution >= 4 is 5.96 Å². The van der Waals surface area contributed by atoms with Crippen molar-refractivity contribution < 1.29 is 9.15 Å². The minimum absolute atomic E-state index is 0.424. The van der Waals surface area contributed by atoms with E-state index in [1.54, 1.807) is 6.26 Å². The molecule has 0 spiro atoms. The van der Waals surface area contributed by atoms with E-state index in [-0.39, 0.29) is 0 Å². The molecule has 0 saturated carbocycles. The average Bonchev–Trinajstić information content (AvgIpc) is 3.24. The molecule has 2 aromatic rings. The normalized spacial score (nSPS) is 16.6. The maximum Gasteiger partial charge on any atom is 0.191 e. The molecule has 2 N–H and O–H groups in total. The molecule has 28 heavy (non-hydrogen) atoms. The predicted molar refractivity (Wildman–Crippen MR) is 114 cm³/mol. The molecule has 5 nitrogen and oxygen atoms in total. The molecule has 1 aromatic carbocycles. The number of unbranched alkanes of at least 4 members (excludes halogenated alkanes) is 1. The molecule has 1 atom stereocenters. The number of nitrogens with one attached hydrogen (secondary N) is 2. The van der Waals surface area contributed by atoms with E-state index in [9.17, 15) is 0 Å². The van der Waals surface area contributed by atoms with Gasteiger partial charge in [-0.1, -0.05) is 24.3 Å². The Bertz CT molecular complexity index is 712. The van der Waals surface area contributed by atoms with Gasteiger partial charge in [0.05, 0.1) is 6.26 Å². The topological polar surface area (TPSA) is 58.8 Å². The number of benzene rings is 1. The lowest BCUT2D eigenvalue weighted by Gasteiger charge is -2.27. The van der Waals surface area contributed by atoms with Crippen LogP contribution in [0.5, 0.6) is 0 Å². The lowest BCUT2D eigenvalue weighted by molar-refractivity contribution is 0.144. The molecule has 0 amide bonds. The first-order valence-electron chi connectivity index (χ1n) is 10.6. The Balaban J connectivity index is 1.50. The average molecular weight is 384 g/mol. The molecule has 152 valence electrons. The highest BCUT2D eigenvalue weighted by Crippen LogP contribution is 2.20. The highest BCUT2D eigenvalue weighted by atomic mass is 16.5. The molecule has 3 rings (SSSR count). The Morgan fingerprint density at radius 3 is 2.89 bits per heavy atom. The van der Waals surface area contributed by atoms with E-state index in [2.05, 4.69) is 34.9 Å². The van der Waals surface area contributed by atoms with Gasteiger partial charge < -0.3 is 19.8 Å². The highest BCUT2D eigenvalue weighted by molar-refractivity contribution is 5.80. The van der Waals surface area contributed by atoms with Crippen LogP contribution < -0.4 is 10.6 Å². The van der Waals surface area contributed by atoms with Crippen LogP contribution in [-0.2, 0) is 24.0 Å². The zero-order valence-corrected chi connectivity index (χ0v) is 17.0. The van der Waals surface area contributed by atoms with Gasteiger partial charge in [-0.3, -0.25) is 4.99 Å². The summed E-state index contributed by atoms with van der Waals surface area (Å²) >= 11 is 0. The van der Waals surface area contributed by atoms with Crippen LogP contribution in [0.25, 0.3) is 0 Å². The second kappa shape index (κ2) is 11.5. The highest BCUT2D eigenvalue weighted by Gasteiger charge is 2.19. The van der Waals surface area contributed by atoms with Gasteiger partial charge in [-0.05, 0) is 62.3 Å². The lowest BCUT2D eigenvalue weighted by Crippen LogP contribution is -2.46. The SMILES string of the molecule is CCOCCCCN=C(NCCc1ccco1)NC1CCc2ccccc2C1. The van der Waals surface area contributed by atoms with E-state index in [4.69, 9.17) is 14.1 Å².